The van der Waals surface area contributed by atoms with Crippen LogP contribution in [0.25, 0.3) is 6.08 Å². The third-order valence-electron chi connectivity index (χ3n) is 4.00. The van der Waals surface area contributed by atoms with E-state index >= 15 is 0 Å². The van der Waals surface area contributed by atoms with Gasteiger partial charge in [-0.15, -0.1) is 0 Å². The molecule has 0 spiro atoms. The molecule has 148 valence electrons. The summed E-state index contributed by atoms with van der Waals surface area (Å²) in [5, 5.41) is -0.467. The third kappa shape index (κ3) is 5.23. The fourth-order valence-corrected chi connectivity index (χ4v) is 3.61. The lowest BCUT2D eigenvalue weighted by Gasteiger charge is -2.21. The highest BCUT2D eigenvalue weighted by molar-refractivity contribution is 8.18. The van der Waals surface area contributed by atoms with E-state index in [0.29, 0.717) is 18.1 Å². The fourth-order valence-electron chi connectivity index (χ4n) is 2.78. The van der Waals surface area contributed by atoms with Crippen LogP contribution in [0.1, 0.15) is 37.7 Å². The van der Waals surface area contributed by atoms with Crippen molar-refractivity contribution in [3.8, 4) is 0 Å². The van der Waals surface area contributed by atoms with Gasteiger partial charge in [-0.25, -0.2) is 0 Å². The number of carbonyl (C=O) groups excluding carboxylic acids is 3. The van der Waals surface area contributed by atoms with E-state index in [1.54, 1.807) is 34.0 Å². The monoisotopic (exact) mass is 394 g/mol. The summed E-state index contributed by atoms with van der Waals surface area (Å²) in [6.45, 7) is 10.1. The van der Waals surface area contributed by atoms with Crippen LogP contribution in [0.5, 0.6) is 0 Å². The maximum atomic E-state index is 12.6. The molecule has 0 radical (unpaired) electrons. The van der Waals surface area contributed by atoms with Gasteiger partial charge in [-0.05, 0) is 64.1 Å². The predicted molar refractivity (Wildman–Crippen MR) is 104 cm³/mol. The number of methoxy groups -OCH3 is 1. The molecule has 8 heteroatoms. The molecule has 0 aliphatic carbocycles. The zero-order valence-corrected chi connectivity index (χ0v) is 17.4. The van der Waals surface area contributed by atoms with E-state index in [0.717, 1.165) is 33.6 Å². The largest absolute Gasteiger partial charge is 0.459 e. The highest BCUT2D eigenvalue weighted by atomic mass is 32.2. The Balaban J connectivity index is 2.18. The van der Waals surface area contributed by atoms with E-state index in [2.05, 4.69) is 4.57 Å². The third-order valence-corrected chi connectivity index (χ3v) is 4.91. The number of amides is 2. The molecule has 27 heavy (non-hydrogen) atoms. The standard InChI is InChI=1S/C19H26N2O5S/c1-12-9-14(13(2)20(12)7-8-25-6)10-15-17(23)21(18(24)27-15)11-16(22)26-19(3,4)5/h9-10H,7-8,11H2,1-6H3/b15-10+. The zero-order valence-electron chi connectivity index (χ0n) is 16.6. The smallest absolute Gasteiger partial charge is 0.326 e. The molecule has 2 amide bonds. The average molecular weight is 394 g/mol. The zero-order chi connectivity index (χ0) is 20.4. The molecule has 1 aliphatic rings. The summed E-state index contributed by atoms with van der Waals surface area (Å²) < 4.78 is 12.4. The number of thioether (sulfide) groups is 1. The summed E-state index contributed by atoms with van der Waals surface area (Å²) in [7, 11) is 1.65. The first-order valence-corrected chi connectivity index (χ1v) is 9.48. The Hall–Kier alpha value is -2.06. The normalized spacial score (nSPS) is 16.5. The topological polar surface area (TPSA) is 77.8 Å². The van der Waals surface area contributed by atoms with Crippen molar-refractivity contribution in [1.29, 1.82) is 0 Å². The molecule has 2 rings (SSSR count). The van der Waals surface area contributed by atoms with Gasteiger partial charge in [0.2, 0.25) is 0 Å². The molecule has 1 aromatic rings. The molecule has 0 bridgehead atoms. The van der Waals surface area contributed by atoms with Gasteiger partial charge in [-0.2, -0.15) is 0 Å². The number of nitrogens with zero attached hydrogens (tertiary/aromatic N) is 2. The summed E-state index contributed by atoms with van der Waals surface area (Å²) in [6.07, 6.45) is 1.70. The lowest BCUT2D eigenvalue weighted by Crippen LogP contribution is -2.37. The van der Waals surface area contributed by atoms with E-state index in [4.69, 9.17) is 9.47 Å². The van der Waals surface area contributed by atoms with Gasteiger partial charge in [-0.3, -0.25) is 19.3 Å². The van der Waals surface area contributed by atoms with Crippen molar-refractivity contribution in [2.45, 2.75) is 46.8 Å². The molecule has 1 saturated heterocycles. The molecule has 0 aromatic carbocycles. The average Bonchev–Trinajstić information content (AvgIpc) is 2.95. The number of ether oxygens (including phenoxy) is 2. The minimum Gasteiger partial charge on any atom is -0.459 e. The van der Waals surface area contributed by atoms with Gasteiger partial charge in [0.25, 0.3) is 11.1 Å². The van der Waals surface area contributed by atoms with Gasteiger partial charge in [-0.1, -0.05) is 0 Å². The van der Waals surface area contributed by atoms with Gasteiger partial charge in [0.15, 0.2) is 0 Å². The molecule has 1 aromatic heterocycles. The summed E-state index contributed by atoms with van der Waals surface area (Å²) in [6, 6.07) is 1.97. The summed E-state index contributed by atoms with van der Waals surface area (Å²) in [5.41, 5.74) is 2.23. The number of hydrogen-bond acceptors (Lipinski definition) is 6. The molecule has 1 fully saturated rings. The van der Waals surface area contributed by atoms with Crippen molar-refractivity contribution in [1.82, 2.24) is 9.47 Å². The maximum absolute atomic E-state index is 12.6. The Labute approximate surface area is 163 Å². The fraction of sp³-hybridized carbons (Fsp3) is 0.526. The van der Waals surface area contributed by atoms with Crippen molar-refractivity contribution in [3.05, 3.63) is 27.9 Å². The van der Waals surface area contributed by atoms with Crippen LogP contribution in [0, 0.1) is 13.8 Å². The van der Waals surface area contributed by atoms with E-state index in [1.807, 2.05) is 19.9 Å². The highest BCUT2D eigenvalue weighted by Gasteiger charge is 2.37. The Morgan fingerprint density at radius 2 is 1.93 bits per heavy atom. The first-order chi connectivity index (χ1) is 12.5. The van der Waals surface area contributed by atoms with E-state index < -0.39 is 22.7 Å². The van der Waals surface area contributed by atoms with Crippen molar-refractivity contribution < 1.29 is 23.9 Å². The maximum Gasteiger partial charge on any atom is 0.326 e. The van der Waals surface area contributed by atoms with Crippen LogP contribution >= 0.6 is 11.8 Å². The Morgan fingerprint density at radius 3 is 2.52 bits per heavy atom. The Morgan fingerprint density at radius 1 is 1.26 bits per heavy atom. The van der Waals surface area contributed by atoms with Crippen LogP contribution in [0.2, 0.25) is 0 Å². The van der Waals surface area contributed by atoms with Crippen LogP contribution in [-0.2, 0) is 25.6 Å². The molecule has 7 nitrogen and oxygen atoms in total. The molecule has 0 unspecified atom stereocenters. The predicted octanol–water partition coefficient (Wildman–Crippen LogP) is 3.13. The van der Waals surface area contributed by atoms with E-state index in [9.17, 15) is 14.4 Å². The van der Waals surface area contributed by atoms with E-state index in [1.165, 1.54) is 0 Å². The van der Waals surface area contributed by atoms with Crippen LogP contribution in [-0.4, -0.2) is 52.4 Å². The van der Waals surface area contributed by atoms with Gasteiger partial charge in [0.1, 0.15) is 12.1 Å². The number of rotatable bonds is 6. The number of esters is 1. The molecule has 0 saturated carbocycles. The first kappa shape index (κ1) is 21.2. The van der Waals surface area contributed by atoms with E-state index in [-0.39, 0.29) is 6.54 Å². The van der Waals surface area contributed by atoms with Gasteiger partial charge in [0.05, 0.1) is 11.5 Å². The molecule has 2 heterocycles. The number of hydrogen-bond donors (Lipinski definition) is 0. The lowest BCUT2D eigenvalue weighted by atomic mass is 10.2. The summed E-state index contributed by atoms with van der Waals surface area (Å²) >= 11 is 0.835. The Kier molecular flexibility index (Phi) is 6.54. The van der Waals surface area contributed by atoms with Gasteiger partial charge in [0, 0.05) is 25.0 Å². The van der Waals surface area contributed by atoms with Crippen LogP contribution in [0.4, 0.5) is 4.79 Å². The van der Waals surface area contributed by atoms with Crippen molar-refractivity contribution >= 4 is 35.0 Å². The first-order valence-electron chi connectivity index (χ1n) is 8.66. The Bertz CT molecular complexity index is 789. The second kappa shape index (κ2) is 8.31. The lowest BCUT2D eigenvalue weighted by molar-refractivity contribution is -0.156. The van der Waals surface area contributed by atoms with Crippen LogP contribution in [0.15, 0.2) is 11.0 Å². The molecule has 0 atom stereocenters. The molecular weight excluding hydrogens is 368 g/mol. The number of aryl methyl sites for hydroxylation is 1. The van der Waals surface area contributed by atoms with Crippen molar-refractivity contribution in [2.24, 2.45) is 0 Å². The van der Waals surface area contributed by atoms with Crippen LogP contribution < -0.4 is 0 Å². The minimum absolute atomic E-state index is 0.301. The number of imide groups is 1. The highest BCUT2D eigenvalue weighted by Crippen LogP contribution is 2.33. The summed E-state index contributed by atoms with van der Waals surface area (Å²) in [5.74, 6) is -1.08. The number of aromatic nitrogens is 1. The minimum atomic E-state index is -0.672. The van der Waals surface area contributed by atoms with Gasteiger partial charge >= 0.3 is 5.97 Å². The SMILES string of the molecule is COCCn1c(C)cc(/C=C2/SC(=O)N(CC(=O)OC(C)(C)C)C2=O)c1C. The van der Waals surface area contributed by atoms with Crippen molar-refractivity contribution in [2.75, 3.05) is 20.3 Å². The van der Waals surface area contributed by atoms with Crippen LogP contribution in [0.3, 0.4) is 0 Å². The second-order valence-corrected chi connectivity index (χ2v) is 8.32. The molecule has 0 N–H and O–H groups in total. The number of carbonyl (C=O) groups is 3. The van der Waals surface area contributed by atoms with Crippen molar-refractivity contribution in [3.63, 3.8) is 0 Å². The van der Waals surface area contributed by atoms with Gasteiger partial charge < -0.3 is 14.0 Å². The summed E-state index contributed by atoms with van der Waals surface area (Å²) in [4.78, 5) is 37.9. The quantitative estimate of drug-likeness (QED) is 0.545. The molecule has 1 aliphatic heterocycles. The second-order valence-electron chi connectivity index (χ2n) is 7.33. The molecular formula is C19H26N2O5S.